The SMILES string of the molecule is COC[C@H]1CCCN1C(=O)C[C@@H]1CCN2C[C@@H]1CC(=O)N1C[C@@H](NCc3cccc(OC)c3)C[C@H]1C(=O)N1CCC(CC1)c1nc(c(C)s1)CC2=O. The van der Waals surface area contributed by atoms with E-state index in [4.69, 9.17) is 14.5 Å². The molecule has 2 aromatic rings. The second kappa shape index (κ2) is 16.2. The van der Waals surface area contributed by atoms with Gasteiger partial charge in [0.05, 0.1) is 36.9 Å². The molecule has 5 atom stereocenters. The van der Waals surface area contributed by atoms with Crippen molar-refractivity contribution in [1.82, 2.24) is 29.9 Å². The van der Waals surface area contributed by atoms with Crippen molar-refractivity contribution in [3.8, 4) is 5.75 Å². The fourth-order valence-corrected chi connectivity index (χ4v) is 10.3. The first-order valence-electron chi connectivity index (χ1n) is 19.2. The lowest BCUT2D eigenvalue weighted by molar-refractivity contribution is -0.146. The van der Waals surface area contributed by atoms with Gasteiger partial charge in [-0.05, 0) is 75.0 Å². The second-order valence-electron chi connectivity index (χ2n) is 15.5. The number of benzene rings is 1. The number of piperidine rings is 2. The summed E-state index contributed by atoms with van der Waals surface area (Å²) < 4.78 is 10.8. The van der Waals surface area contributed by atoms with E-state index in [-0.39, 0.29) is 66.3 Å². The predicted octanol–water partition coefficient (Wildman–Crippen LogP) is 3.36. The van der Waals surface area contributed by atoms with E-state index in [1.807, 2.05) is 45.9 Å². The van der Waals surface area contributed by atoms with Crippen LogP contribution in [0.5, 0.6) is 5.75 Å². The van der Waals surface area contributed by atoms with Gasteiger partial charge in [0.15, 0.2) is 0 Å². The van der Waals surface area contributed by atoms with Crippen LogP contribution in [0, 0.1) is 18.8 Å². The largest absolute Gasteiger partial charge is 0.497 e. The van der Waals surface area contributed by atoms with Gasteiger partial charge < -0.3 is 34.4 Å². The highest BCUT2D eigenvalue weighted by Crippen LogP contribution is 2.36. The van der Waals surface area contributed by atoms with Crippen molar-refractivity contribution in [2.24, 2.45) is 11.8 Å². The van der Waals surface area contributed by atoms with Crippen molar-refractivity contribution >= 4 is 35.0 Å². The molecule has 12 nitrogen and oxygen atoms in total. The number of amides is 4. The first-order chi connectivity index (χ1) is 25.2. The molecule has 0 spiro atoms. The van der Waals surface area contributed by atoms with Crippen LogP contribution in [-0.2, 0) is 36.9 Å². The quantitative estimate of drug-likeness (QED) is 0.438. The van der Waals surface area contributed by atoms with E-state index in [0.717, 1.165) is 59.1 Å². The number of carbonyl (C=O) groups excluding carboxylic acids is 4. The first kappa shape index (κ1) is 36.8. The Labute approximate surface area is 311 Å². The Bertz CT molecular complexity index is 1630. The van der Waals surface area contributed by atoms with Crippen LogP contribution < -0.4 is 10.1 Å². The molecule has 0 saturated carbocycles. The van der Waals surface area contributed by atoms with Crippen molar-refractivity contribution in [2.45, 2.75) is 95.3 Å². The Morgan fingerprint density at radius 1 is 1.00 bits per heavy atom. The Balaban J connectivity index is 1.14. The van der Waals surface area contributed by atoms with E-state index in [1.165, 1.54) is 0 Å². The minimum absolute atomic E-state index is 0.0169. The highest BCUT2D eigenvalue weighted by Gasteiger charge is 2.44. The Morgan fingerprint density at radius 2 is 1.81 bits per heavy atom. The summed E-state index contributed by atoms with van der Waals surface area (Å²) in [6, 6.07) is 7.38. The van der Waals surface area contributed by atoms with Crippen LogP contribution in [0.4, 0.5) is 0 Å². The molecular formula is C39H54N6O6S. The number of nitrogens with one attached hydrogen (secondary N) is 1. The lowest BCUT2D eigenvalue weighted by Crippen LogP contribution is -2.51. The monoisotopic (exact) mass is 734 g/mol. The summed E-state index contributed by atoms with van der Waals surface area (Å²) in [5, 5.41) is 4.68. The summed E-state index contributed by atoms with van der Waals surface area (Å²) in [7, 11) is 3.32. The number of likely N-dealkylation sites (tertiary alicyclic amines) is 1. The molecule has 1 aromatic carbocycles. The second-order valence-corrected chi connectivity index (χ2v) is 16.7. The summed E-state index contributed by atoms with van der Waals surface area (Å²) in [5.74, 6) is 0.870. The molecule has 6 aliphatic rings. The standard InChI is InChI=1S/C39H54N6O6S/c1-25-33-20-35(46)43-15-11-28(17-36(47)44-12-5-7-31(44)24-50-2)29(22-43)18-37(48)45-23-30(40-21-26-6-4-8-32(16-26)51-3)19-34(45)39(49)42-13-9-27(10-14-42)38(41-33)52-25/h4,6,8,16,27-31,34,40H,5,7,9-15,17-24H2,1-3H3/t28-,29-,30-,31+,34-/m0/s1. The van der Waals surface area contributed by atoms with Crippen molar-refractivity contribution in [2.75, 3.05) is 60.1 Å². The first-order valence-corrected chi connectivity index (χ1v) is 20.0. The smallest absolute Gasteiger partial charge is 0.245 e. The van der Waals surface area contributed by atoms with E-state index in [0.29, 0.717) is 65.1 Å². The lowest BCUT2D eigenvalue weighted by atomic mass is 9.80. The predicted molar refractivity (Wildman–Crippen MR) is 197 cm³/mol. The van der Waals surface area contributed by atoms with Crippen molar-refractivity contribution in [1.29, 1.82) is 0 Å². The third-order valence-electron chi connectivity index (χ3n) is 12.2. The summed E-state index contributed by atoms with van der Waals surface area (Å²) >= 11 is 1.68. The van der Waals surface area contributed by atoms with E-state index >= 15 is 0 Å². The van der Waals surface area contributed by atoms with Crippen LogP contribution >= 0.6 is 11.3 Å². The van der Waals surface area contributed by atoms with Crippen LogP contribution in [-0.4, -0.2) is 126 Å². The molecular weight excluding hydrogens is 681 g/mol. The number of nitrogens with zero attached hydrogens (tertiary/aromatic N) is 5. The van der Waals surface area contributed by atoms with E-state index in [1.54, 1.807) is 30.5 Å². The molecule has 4 fully saturated rings. The number of rotatable bonds is 8. The normalized spacial score (nSPS) is 28.4. The van der Waals surface area contributed by atoms with E-state index < -0.39 is 6.04 Å². The van der Waals surface area contributed by atoms with Gasteiger partial charge in [0.1, 0.15) is 11.8 Å². The summed E-state index contributed by atoms with van der Waals surface area (Å²) in [6.07, 6.45) is 5.49. The third kappa shape index (κ3) is 8.01. The summed E-state index contributed by atoms with van der Waals surface area (Å²) in [5.41, 5.74) is 1.91. The van der Waals surface area contributed by atoms with Crippen LogP contribution in [0.3, 0.4) is 0 Å². The number of thiazole rings is 1. The number of fused-ring (bicyclic) bond motifs is 4. The van der Waals surface area contributed by atoms with Gasteiger partial charge in [-0.25, -0.2) is 4.98 Å². The van der Waals surface area contributed by atoms with Crippen molar-refractivity contribution < 1.29 is 28.7 Å². The molecule has 7 heterocycles. The van der Waals surface area contributed by atoms with Crippen molar-refractivity contribution in [3.05, 3.63) is 45.4 Å². The van der Waals surface area contributed by atoms with E-state index in [9.17, 15) is 19.2 Å². The maximum Gasteiger partial charge on any atom is 0.245 e. The maximum absolute atomic E-state index is 14.5. The topological polar surface area (TPSA) is 125 Å². The zero-order chi connectivity index (χ0) is 36.4. The van der Waals surface area contributed by atoms with Crippen LogP contribution in [0.25, 0.3) is 0 Å². The number of aryl methyl sites for hydroxylation is 1. The Hall–Kier alpha value is -3.55. The van der Waals surface area contributed by atoms with Crippen LogP contribution in [0.15, 0.2) is 24.3 Å². The number of carbonyl (C=O) groups is 4. The molecule has 1 aromatic heterocycles. The Kier molecular flexibility index (Phi) is 11.5. The van der Waals surface area contributed by atoms with Gasteiger partial charge in [0, 0.05) is 82.6 Å². The van der Waals surface area contributed by atoms with Gasteiger partial charge in [0.25, 0.3) is 0 Å². The molecule has 282 valence electrons. The zero-order valence-corrected chi connectivity index (χ0v) is 31.7. The summed E-state index contributed by atoms with van der Waals surface area (Å²) in [4.78, 5) is 70.1. The number of hydrogen-bond acceptors (Lipinski definition) is 9. The minimum Gasteiger partial charge on any atom is -0.497 e. The van der Waals surface area contributed by atoms with Crippen LogP contribution in [0.2, 0.25) is 0 Å². The maximum atomic E-state index is 14.5. The number of hydrogen-bond donors (Lipinski definition) is 1. The molecule has 4 saturated heterocycles. The highest BCUT2D eigenvalue weighted by atomic mass is 32.1. The average molecular weight is 735 g/mol. The lowest BCUT2D eigenvalue weighted by Gasteiger charge is -2.40. The molecule has 8 rings (SSSR count). The van der Waals surface area contributed by atoms with Gasteiger partial charge >= 0.3 is 0 Å². The highest BCUT2D eigenvalue weighted by molar-refractivity contribution is 7.11. The van der Waals surface area contributed by atoms with Gasteiger partial charge in [-0.1, -0.05) is 12.1 Å². The van der Waals surface area contributed by atoms with Gasteiger partial charge in [0.2, 0.25) is 23.6 Å². The molecule has 13 heteroatoms. The third-order valence-corrected chi connectivity index (χ3v) is 13.4. The number of ether oxygens (including phenoxy) is 2. The van der Waals surface area contributed by atoms with Gasteiger partial charge in [-0.15, -0.1) is 11.3 Å². The van der Waals surface area contributed by atoms with Gasteiger partial charge in [-0.2, -0.15) is 0 Å². The molecule has 52 heavy (non-hydrogen) atoms. The van der Waals surface area contributed by atoms with Crippen LogP contribution in [0.1, 0.15) is 78.4 Å². The Morgan fingerprint density at radius 3 is 2.60 bits per heavy atom. The van der Waals surface area contributed by atoms with Crippen molar-refractivity contribution in [3.63, 3.8) is 0 Å². The van der Waals surface area contributed by atoms with E-state index in [2.05, 4.69) is 5.32 Å². The molecule has 0 aliphatic carbocycles. The fourth-order valence-electron chi connectivity index (χ4n) is 9.16. The number of methoxy groups -OCH3 is 2. The number of aromatic nitrogens is 1. The average Bonchev–Trinajstić information content (AvgIpc) is 3.90. The summed E-state index contributed by atoms with van der Waals surface area (Å²) in [6.45, 7) is 6.53. The van der Waals surface area contributed by atoms with Gasteiger partial charge in [-0.3, -0.25) is 19.2 Å². The molecule has 6 bridgehead atoms. The molecule has 4 amide bonds. The molecule has 0 unspecified atom stereocenters. The fraction of sp³-hybridized carbons (Fsp3) is 0.667. The molecule has 6 aliphatic heterocycles. The zero-order valence-electron chi connectivity index (χ0n) is 30.9. The molecule has 0 radical (unpaired) electrons. The molecule has 1 N–H and O–H groups in total. The minimum atomic E-state index is -0.558.